The molecular weight excluding hydrogens is 244 g/mol. The van der Waals surface area contributed by atoms with E-state index in [1.54, 1.807) is 17.0 Å². The zero-order chi connectivity index (χ0) is 13.8. The standard InChI is InChI=1S/C14H16N2O3/c1-11-9-15(7-8-16(11)13(18)10-17)14(19)12-5-3-2-4-6-12/h2-6,10-11H,7-9H2,1H3. The van der Waals surface area contributed by atoms with Crippen molar-refractivity contribution in [3.63, 3.8) is 0 Å². The number of nitrogens with zero attached hydrogens (tertiary/aromatic N) is 2. The lowest BCUT2D eigenvalue weighted by atomic mass is 10.1. The predicted octanol–water partition coefficient (Wildman–Crippen LogP) is 0.558. The van der Waals surface area contributed by atoms with E-state index >= 15 is 0 Å². The molecule has 1 fully saturated rings. The molecule has 0 aromatic heterocycles. The third kappa shape index (κ3) is 2.81. The van der Waals surface area contributed by atoms with Crippen LogP contribution in [-0.4, -0.2) is 53.6 Å². The van der Waals surface area contributed by atoms with E-state index in [-0.39, 0.29) is 11.9 Å². The molecule has 1 aromatic rings. The van der Waals surface area contributed by atoms with Crippen LogP contribution in [0.1, 0.15) is 17.3 Å². The topological polar surface area (TPSA) is 57.7 Å². The SMILES string of the molecule is CC1CN(C(=O)c2ccccc2)CCN1C(=O)C=O. The van der Waals surface area contributed by atoms with Gasteiger partial charge in [-0.25, -0.2) is 0 Å². The van der Waals surface area contributed by atoms with Gasteiger partial charge in [0, 0.05) is 31.2 Å². The van der Waals surface area contributed by atoms with Gasteiger partial charge in [0.1, 0.15) is 0 Å². The van der Waals surface area contributed by atoms with Crippen molar-refractivity contribution in [2.75, 3.05) is 19.6 Å². The number of carbonyl (C=O) groups is 3. The molecule has 5 heteroatoms. The van der Waals surface area contributed by atoms with Crippen molar-refractivity contribution in [3.8, 4) is 0 Å². The Labute approximate surface area is 111 Å². The number of hydrogen-bond donors (Lipinski definition) is 0. The average molecular weight is 260 g/mol. The lowest BCUT2D eigenvalue weighted by Crippen LogP contribution is -2.55. The minimum Gasteiger partial charge on any atom is -0.335 e. The van der Waals surface area contributed by atoms with Crippen LogP contribution in [0.25, 0.3) is 0 Å². The number of amides is 2. The monoisotopic (exact) mass is 260 g/mol. The number of piperazine rings is 1. The van der Waals surface area contributed by atoms with Crippen molar-refractivity contribution in [1.82, 2.24) is 9.80 Å². The largest absolute Gasteiger partial charge is 0.335 e. The fourth-order valence-electron chi connectivity index (χ4n) is 2.30. The fraction of sp³-hybridized carbons (Fsp3) is 0.357. The van der Waals surface area contributed by atoms with Gasteiger partial charge in [-0.2, -0.15) is 0 Å². The summed E-state index contributed by atoms with van der Waals surface area (Å²) in [5, 5.41) is 0. The Hall–Kier alpha value is -2.17. The van der Waals surface area contributed by atoms with Crippen molar-refractivity contribution in [2.24, 2.45) is 0 Å². The van der Waals surface area contributed by atoms with Crippen molar-refractivity contribution in [3.05, 3.63) is 35.9 Å². The highest BCUT2D eigenvalue weighted by Crippen LogP contribution is 2.13. The maximum atomic E-state index is 12.2. The van der Waals surface area contributed by atoms with Gasteiger partial charge in [-0.05, 0) is 19.1 Å². The molecule has 1 aromatic carbocycles. The second-order valence-corrected chi connectivity index (χ2v) is 4.62. The Kier molecular flexibility index (Phi) is 3.94. The molecule has 5 nitrogen and oxygen atoms in total. The molecule has 1 aliphatic heterocycles. The lowest BCUT2D eigenvalue weighted by Gasteiger charge is -2.39. The molecule has 0 spiro atoms. The van der Waals surface area contributed by atoms with Gasteiger partial charge in [-0.3, -0.25) is 14.4 Å². The number of carbonyl (C=O) groups excluding carboxylic acids is 3. The maximum absolute atomic E-state index is 12.2. The first-order valence-electron chi connectivity index (χ1n) is 6.23. The van der Waals surface area contributed by atoms with Gasteiger partial charge in [-0.15, -0.1) is 0 Å². The Morgan fingerprint density at radius 2 is 1.89 bits per heavy atom. The van der Waals surface area contributed by atoms with Gasteiger partial charge in [0.15, 0.2) is 0 Å². The van der Waals surface area contributed by atoms with Gasteiger partial charge >= 0.3 is 0 Å². The fourth-order valence-corrected chi connectivity index (χ4v) is 2.30. The highest BCUT2D eigenvalue weighted by molar-refractivity contribution is 6.23. The average Bonchev–Trinajstić information content (AvgIpc) is 2.46. The molecule has 0 N–H and O–H groups in total. The van der Waals surface area contributed by atoms with E-state index in [1.807, 2.05) is 25.1 Å². The smallest absolute Gasteiger partial charge is 0.287 e. The van der Waals surface area contributed by atoms with E-state index in [9.17, 15) is 14.4 Å². The zero-order valence-electron chi connectivity index (χ0n) is 10.8. The molecule has 19 heavy (non-hydrogen) atoms. The highest BCUT2D eigenvalue weighted by atomic mass is 16.2. The second kappa shape index (κ2) is 5.65. The van der Waals surface area contributed by atoms with Crippen LogP contribution in [0.4, 0.5) is 0 Å². The van der Waals surface area contributed by atoms with Crippen LogP contribution in [0.5, 0.6) is 0 Å². The van der Waals surface area contributed by atoms with Crippen molar-refractivity contribution < 1.29 is 14.4 Å². The summed E-state index contributed by atoms with van der Waals surface area (Å²) in [4.78, 5) is 37.4. The predicted molar refractivity (Wildman–Crippen MR) is 69.6 cm³/mol. The van der Waals surface area contributed by atoms with Crippen LogP contribution in [0.2, 0.25) is 0 Å². The summed E-state index contributed by atoms with van der Waals surface area (Å²) in [6.07, 6.45) is 0.325. The van der Waals surface area contributed by atoms with E-state index in [0.29, 0.717) is 31.5 Å². The quantitative estimate of drug-likeness (QED) is 0.576. The highest BCUT2D eigenvalue weighted by Gasteiger charge is 2.29. The Morgan fingerprint density at radius 1 is 1.21 bits per heavy atom. The van der Waals surface area contributed by atoms with Gasteiger partial charge < -0.3 is 9.80 Å². The molecule has 0 saturated carbocycles. The van der Waals surface area contributed by atoms with Crippen LogP contribution < -0.4 is 0 Å². The first-order chi connectivity index (χ1) is 9.13. The molecule has 0 radical (unpaired) electrons. The molecule has 1 aliphatic rings. The minimum absolute atomic E-state index is 0.0364. The Bertz CT molecular complexity index is 487. The van der Waals surface area contributed by atoms with Crippen molar-refractivity contribution in [2.45, 2.75) is 13.0 Å². The van der Waals surface area contributed by atoms with Crippen LogP contribution in [-0.2, 0) is 9.59 Å². The molecule has 1 atom stereocenters. The molecule has 1 heterocycles. The third-order valence-corrected chi connectivity index (χ3v) is 3.32. The molecule has 0 aliphatic carbocycles. The summed E-state index contributed by atoms with van der Waals surface area (Å²) in [5.41, 5.74) is 0.643. The van der Waals surface area contributed by atoms with E-state index < -0.39 is 5.91 Å². The summed E-state index contributed by atoms with van der Waals surface area (Å²) in [5.74, 6) is -0.551. The summed E-state index contributed by atoms with van der Waals surface area (Å²) in [7, 11) is 0. The summed E-state index contributed by atoms with van der Waals surface area (Å²) < 4.78 is 0. The van der Waals surface area contributed by atoms with Gasteiger partial charge in [0.2, 0.25) is 6.29 Å². The molecular formula is C14H16N2O3. The zero-order valence-corrected chi connectivity index (χ0v) is 10.8. The molecule has 2 rings (SSSR count). The number of rotatable bonds is 2. The van der Waals surface area contributed by atoms with Crippen LogP contribution in [0.3, 0.4) is 0 Å². The first-order valence-corrected chi connectivity index (χ1v) is 6.23. The van der Waals surface area contributed by atoms with Gasteiger partial charge in [0.05, 0.1) is 0 Å². The van der Waals surface area contributed by atoms with E-state index in [4.69, 9.17) is 0 Å². The normalized spacial score (nSPS) is 19.1. The van der Waals surface area contributed by atoms with Crippen molar-refractivity contribution in [1.29, 1.82) is 0 Å². The molecule has 1 saturated heterocycles. The first kappa shape index (κ1) is 13.3. The molecule has 100 valence electrons. The lowest BCUT2D eigenvalue weighted by molar-refractivity contribution is -0.141. The summed E-state index contributed by atoms with van der Waals surface area (Å²) in [6, 6.07) is 8.91. The van der Waals surface area contributed by atoms with E-state index in [2.05, 4.69) is 0 Å². The minimum atomic E-state index is -0.515. The Balaban J connectivity index is 2.04. The van der Waals surface area contributed by atoms with Crippen LogP contribution in [0, 0.1) is 0 Å². The van der Waals surface area contributed by atoms with Gasteiger partial charge in [-0.1, -0.05) is 18.2 Å². The Morgan fingerprint density at radius 3 is 2.47 bits per heavy atom. The van der Waals surface area contributed by atoms with E-state index in [0.717, 1.165) is 0 Å². The number of benzene rings is 1. The molecule has 0 bridgehead atoms. The van der Waals surface area contributed by atoms with E-state index in [1.165, 1.54) is 4.90 Å². The second-order valence-electron chi connectivity index (χ2n) is 4.62. The number of hydrogen-bond acceptors (Lipinski definition) is 3. The maximum Gasteiger partial charge on any atom is 0.287 e. The molecule has 2 amide bonds. The number of aldehydes is 1. The molecule has 1 unspecified atom stereocenters. The van der Waals surface area contributed by atoms with Crippen molar-refractivity contribution >= 4 is 18.1 Å². The third-order valence-electron chi connectivity index (χ3n) is 3.32. The summed E-state index contributed by atoms with van der Waals surface area (Å²) >= 11 is 0. The van der Waals surface area contributed by atoms with Crippen LogP contribution >= 0.6 is 0 Å². The van der Waals surface area contributed by atoms with Crippen LogP contribution in [0.15, 0.2) is 30.3 Å². The summed E-state index contributed by atoms with van der Waals surface area (Å²) in [6.45, 7) is 3.15. The van der Waals surface area contributed by atoms with Gasteiger partial charge in [0.25, 0.3) is 11.8 Å².